The highest BCUT2D eigenvalue weighted by Crippen LogP contribution is 2.14. The number of rotatable bonds is 3. The number of nitrogens with zero attached hydrogens (tertiary/aromatic N) is 1. The maximum atomic E-state index is 13.3. The zero-order chi connectivity index (χ0) is 13.3. The molecule has 2 aromatic rings. The van der Waals surface area contributed by atoms with Crippen LogP contribution in [-0.4, -0.2) is 10.4 Å². The standard InChI is InChI=1S/C11H7F3N2O2/c12-7-4-9(14)8(13)3-6(7)10(17)5-16-1-2-18-11(16)15/h1-4,15H,5H2. The minimum atomic E-state index is -1.36. The van der Waals surface area contributed by atoms with E-state index in [-0.39, 0.29) is 5.68 Å². The van der Waals surface area contributed by atoms with Gasteiger partial charge in [0, 0.05) is 12.3 Å². The predicted molar refractivity (Wildman–Crippen MR) is 53.2 cm³/mol. The molecular formula is C11H7F3N2O2. The number of Topliss-reactive ketones (excluding diaryl/α,β-unsaturated/α-hetero) is 1. The number of carbonyl (C=O) groups is 1. The van der Waals surface area contributed by atoms with Crippen molar-refractivity contribution < 1.29 is 22.4 Å². The summed E-state index contributed by atoms with van der Waals surface area (Å²) in [4.78, 5) is 11.7. The molecule has 0 aliphatic heterocycles. The Labute approximate surface area is 98.8 Å². The summed E-state index contributed by atoms with van der Waals surface area (Å²) in [5, 5.41) is 7.25. The van der Waals surface area contributed by atoms with Gasteiger partial charge in [-0.15, -0.1) is 0 Å². The quantitative estimate of drug-likeness (QED) is 0.673. The molecule has 0 fully saturated rings. The first kappa shape index (κ1) is 12.2. The predicted octanol–water partition coefficient (Wildman–Crippen LogP) is 1.86. The largest absolute Gasteiger partial charge is 0.432 e. The van der Waals surface area contributed by atoms with E-state index < -0.39 is 35.3 Å². The molecule has 18 heavy (non-hydrogen) atoms. The van der Waals surface area contributed by atoms with Crippen LogP contribution < -0.4 is 5.68 Å². The van der Waals surface area contributed by atoms with Gasteiger partial charge >= 0.3 is 0 Å². The van der Waals surface area contributed by atoms with Crippen LogP contribution in [0.15, 0.2) is 29.0 Å². The maximum Gasteiger partial charge on any atom is 0.294 e. The molecule has 94 valence electrons. The Balaban J connectivity index is 2.32. The zero-order valence-corrected chi connectivity index (χ0v) is 8.91. The van der Waals surface area contributed by atoms with E-state index in [4.69, 9.17) is 5.41 Å². The lowest BCUT2D eigenvalue weighted by Crippen LogP contribution is -2.20. The van der Waals surface area contributed by atoms with Crippen molar-refractivity contribution in [1.82, 2.24) is 4.57 Å². The number of halogens is 3. The first-order chi connectivity index (χ1) is 8.49. The number of nitrogens with one attached hydrogen (secondary N) is 1. The van der Waals surface area contributed by atoms with E-state index in [1.54, 1.807) is 0 Å². The van der Waals surface area contributed by atoms with E-state index in [0.29, 0.717) is 12.1 Å². The fourth-order valence-corrected chi connectivity index (χ4v) is 1.40. The molecule has 1 aromatic heterocycles. The van der Waals surface area contributed by atoms with Gasteiger partial charge in [0.25, 0.3) is 5.68 Å². The minimum absolute atomic E-state index is 0.300. The number of benzene rings is 1. The molecule has 4 nitrogen and oxygen atoms in total. The fraction of sp³-hybridized carbons (Fsp3) is 0.0909. The highest BCUT2D eigenvalue weighted by atomic mass is 19.2. The summed E-state index contributed by atoms with van der Waals surface area (Å²) in [7, 11) is 0. The Morgan fingerprint density at radius 1 is 1.22 bits per heavy atom. The van der Waals surface area contributed by atoms with E-state index in [2.05, 4.69) is 4.42 Å². The third-order valence-electron chi connectivity index (χ3n) is 2.31. The molecule has 1 N–H and O–H groups in total. The molecule has 0 saturated carbocycles. The lowest BCUT2D eigenvalue weighted by Gasteiger charge is -2.04. The first-order valence-electron chi connectivity index (χ1n) is 4.85. The lowest BCUT2D eigenvalue weighted by molar-refractivity contribution is 0.0964. The van der Waals surface area contributed by atoms with E-state index >= 15 is 0 Å². The van der Waals surface area contributed by atoms with Crippen molar-refractivity contribution in [2.45, 2.75) is 6.54 Å². The van der Waals surface area contributed by atoms with Gasteiger partial charge in [0.1, 0.15) is 12.1 Å². The van der Waals surface area contributed by atoms with Gasteiger partial charge in [0.05, 0.1) is 12.1 Å². The number of hydrogen-bond acceptors (Lipinski definition) is 3. The number of hydrogen-bond donors (Lipinski definition) is 1. The summed E-state index contributed by atoms with van der Waals surface area (Å²) in [6.45, 7) is -0.392. The second-order valence-electron chi connectivity index (χ2n) is 3.51. The van der Waals surface area contributed by atoms with Crippen LogP contribution in [-0.2, 0) is 6.54 Å². The third-order valence-corrected chi connectivity index (χ3v) is 2.31. The second kappa shape index (κ2) is 4.52. The van der Waals surface area contributed by atoms with E-state index in [9.17, 15) is 18.0 Å². The van der Waals surface area contributed by atoms with E-state index in [1.165, 1.54) is 12.5 Å². The SMILES string of the molecule is N=c1occn1CC(=O)c1cc(F)c(F)cc1F. The van der Waals surface area contributed by atoms with Crippen LogP contribution in [0, 0.1) is 22.9 Å². The number of aromatic nitrogens is 1. The van der Waals surface area contributed by atoms with Crippen molar-refractivity contribution in [2.75, 3.05) is 0 Å². The summed E-state index contributed by atoms with van der Waals surface area (Å²) in [5.41, 5.74) is -0.867. The average Bonchev–Trinajstić information content (AvgIpc) is 2.69. The molecule has 0 unspecified atom stereocenters. The number of carbonyl (C=O) groups excluding carboxylic acids is 1. The van der Waals surface area contributed by atoms with Crippen molar-refractivity contribution in [3.63, 3.8) is 0 Å². The van der Waals surface area contributed by atoms with Gasteiger partial charge in [0.15, 0.2) is 17.4 Å². The lowest BCUT2D eigenvalue weighted by atomic mass is 10.1. The van der Waals surface area contributed by atoms with Gasteiger partial charge in [-0.2, -0.15) is 0 Å². The van der Waals surface area contributed by atoms with Gasteiger partial charge < -0.3 is 4.42 Å². The van der Waals surface area contributed by atoms with Crippen molar-refractivity contribution in [2.24, 2.45) is 0 Å². The van der Waals surface area contributed by atoms with Crippen molar-refractivity contribution in [3.05, 3.63) is 53.3 Å². The van der Waals surface area contributed by atoms with Crippen LogP contribution in [0.2, 0.25) is 0 Å². The van der Waals surface area contributed by atoms with Crippen molar-refractivity contribution >= 4 is 5.78 Å². The van der Waals surface area contributed by atoms with Crippen LogP contribution in [0.25, 0.3) is 0 Å². The minimum Gasteiger partial charge on any atom is -0.432 e. The summed E-state index contributed by atoms with van der Waals surface area (Å²) in [5.74, 6) is -4.59. The third kappa shape index (κ3) is 2.20. The molecule has 7 heteroatoms. The molecule has 0 bridgehead atoms. The Kier molecular flexibility index (Phi) is 3.05. The summed E-state index contributed by atoms with van der Waals surface area (Å²) in [6, 6.07) is 0.807. The number of oxazole rings is 1. The monoisotopic (exact) mass is 256 g/mol. The molecule has 0 saturated heterocycles. The topological polar surface area (TPSA) is 59.0 Å². The van der Waals surface area contributed by atoms with Crippen molar-refractivity contribution in [3.8, 4) is 0 Å². The van der Waals surface area contributed by atoms with E-state index in [0.717, 1.165) is 4.57 Å². The second-order valence-corrected chi connectivity index (χ2v) is 3.51. The van der Waals surface area contributed by atoms with Gasteiger partial charge in [-0.1, -0.05) is 0 Å². The normalized spacial score (nSPS) is 10.6. The smallest absolute Gasteiger partial charge is 0.294 e. The molecule has 1 heterocycles. The Morgan fingerprint density at radius 3 is 2.50 bits per heavy atom. The summed E-state index contributed by atoms with van der Waals surface area (Å²) < 4.78 is 44.6. The molecule has 0 atom stereocenters. The molecule has 0 aliphatic rings. The van der Waals surface area contributed by atoms with Crippen LogP contribution in [0.1, 0.15) is 10.4 Å². The fourth-order valence-electron chi connectivity index (χ4n) is 1.40. The highest BCUT2D eigenvalue weighted by molar-refractivity contribution is 5.96. The van der Waals surface area contributed by atoms with Gasteiger partial charge in [-0.05, 0) is 6.07 Å². The molecule has 0 aliphatic carbocycles. The Hall–Kier alpha value is -2.31. The number of ketones is 1. The highest BCUT2D eigenvalue weighted by Gasteiger charge is 2.16. The summed E-state index contributed by atoms with van der Waals surface area (Å²) >= 11 is 0. The van der Waals surface area contributed by atoms with Crippen LogP contribution in [0.5, 0.6) is 0 Å². The first-order valence-corrected chi connectivity index (χ1v) is 4.85. The average molecular weight is 256 g/mol. The molecule has 0 spiro atoms. The van der Waals surface area contributed by atoms with Gasteiger partial charge in [-0.3, -0.25) is 14.8 Å². The molecular weight excluding hydrogens is 249 g/mol. The Morgan fingerprint density at radius 2 is 1.89 bits per heavy atom. The van der Waals surface area contributed by atoms with Crippen molar-refractivity contribution in [1.29, 1.82) is 5.41 Å². The Bertz CT molecular complexity index is 661. The maximum absolute atomic E-state index is 13.3. The molecule has 0 radical (unpaired) electrons. The van der Waals surface area contributed by atoms with Gasteiger partial charge in [0.2, 0.25) is 0 Å². The van der Waals surface area contributed by atoms with Crippen LogP contribution in [0.3, 0.4) is 0 Å². The zero-order valence-electron chi connectivity index (χ0n) is 8.91. The van der Waals surface area contributed by atoms with Crippen LogP contribution >= 0.6 is 0 Å². The summed E-state index contributed by atoms with van der Waals surface area (Å²) in [6.07, 6.45) is 2.48. The van der Waals surface area contributed by atoms with Crippen LogP contribution in [0.4, 0.5) is 13.2 Å². The molecule has 1 aromatic carbocycles. The van der Waals surface area contributed by atoms with Gasteiger partial charge in [-0.25, -0.2) is 13.2 Å². The van der Waals surface area contributed by atoms with E-state index in [1.807, 2.05) is 0 Å². The molecule has 0 amide bonds. The molecule has 2 rings (SSSR count).